The maximum absolute atomic E-state index is 12.4. The topological polar surface area (TPSA) is 68.5 Å². The molecule has 0 atom stereocenters. The van der Waals surface area contributed by atoms with Gasteiger partial charge in [0.2, 0.25) is 5.91 Å². The summed E-state index contributed by atoms with van der Waals surface area (Å²) in [5, 5.41) is 4.00. The molecule has 2 heterocycles. The molecule has 138 valence electrons. The lowest BCUT2D eigenvalue weighted by Gasteiger charge is -2.31. The van der Waals surface area contributed by atoms with Crippen molar-refractivity contribution in [2.24, 2.45) is 0 Å². The van der Waals surface area contributed by atoms with Crippen LogP contribution in [0.15, 0.2) is 34.9 Å². The third-order valence-electron chi connectivity index (χ3n) is 5.13. The van der Waals surface area contributed by atoms with E-state index in [1.165, 1.54) is 5.56 Å². The predicted octanol–water partition coefficient (Wildman–Crippen LogP) is 3.09. The van der Waals surface area contributed by atoms with Crippen LogP contribution in [0.1, 0.15) is 55.3 Å². The van der Waals surface area contributed by atoms with Gasteiger partial charge < -0.3 is 14.2 Å². The molecule has 1 saturated carbocycles. The summed E-state index contributed by atoms with van der Waals surface area (Å²) in [5.74, 6) is 2.12. The smallest absolute Gasteiger partial charge is 0.252 e. The fourth-order valence-electron chi connectivity index (χ4n) is 3.35. The van der Waals surface area contributed by atoms with E-state index >= 15 is 0 Å². The molecule has 0 N–H and O–H groups in total. The third kappa shape index (κ3) is 4.49. The quantitative estimate of drug-likeness (QED) is 0.763. The number of carbonyl (C=O) groups is 1. The van der Waals surface area contributed by atoms with E-state index in [0.717, 1.165) is 51.0 Å². The number of likely N-dealkylation sites (tertiary alicyclic amines) is 1. The van der Waals surface area contributed by atoms with Crippen LogP contribution >= 0.6 is 0 Å². The Morgan fingerprint density at radius 2 is 1.92 bits per heavy atom. The highest BCUT2D eigenvalue weighted by Crippen LogP contribution is 2.38. The first kappa shape index (κ1) is 17.2. The summed E-state index contributed by atoms with van der Waals surface area (Å²) in [5.41, 5.74) is 1.21. The molecule has 0 radical (unpaired) electrons. The lowest BCUT2D eigenvalue weighted by Crippen LogP contribution is -2.40. The van der Waals surface area contributed by atoms with Crippen molar-refractivity contribution in [1.82, 2.24) is 15.0 Å². The summed E-state index contributed by atoms with van der Waals surface area (Å²) in [6.07, 6.45) is 5.58. The molecule has 1 saturated heterocycles. The standard InChI is InChI=1S/C20H25N3O3/c24-19(9-6-15-4-2-1-3-5-15)23-12-10-17(11-13-23)25-14-18-21-20(22-26-18)16-7-8-16/h1-5,16-17H,6-14H2. The van der Waals surface area contributed by atoms with Gasteiger partial charge in [-0.15, -0.1) is 0 Å². The van der Waals surface area contributed by atoms with Crippen LogP contribution in [0.25, 0.3) is 0 Å². The summed E-state index contributed by atoms with van der Waals surface area (Å²) in [4.78, 5) is 18.7. The SMILES string of the molecule is O=C(CCc1ccccc1)N1CCC(OCc2nc(C3CC3)no2)CC1. The van der Waals surface area contributed by atoms with Crippen LogP contribution in [-0.4, -0.2) is 40.1 Å². The molecule has 1 aromatic heterocycles. The Kier molecular flexibility index (Phi) is 5.29. The van der Waals surface area contributed by atoms with Crippen LogP contribution < -0.4 is 0 Å². The molecule has 0 spiro atoms. The van der Waals surface area contributed by atoms with Crippen molar-refractivity contribution in [3.8, 4) is 0 Å². The molecule has 2 aliphatic rings. The van der Waals surface area contributed by atoms with Crippen molar-refractivity contribution in [1.29, 1.82) is 0 Å². The van der Waals surface area contributed by atoms with Crippen molar-refractivity contribution in [2.45, 2.75) is 57.2 Å². The van der Waals surface area contributed by atoms with Gasteiger partial charge in [0.15, 0.2) is 5.82 Å². The lowest BCUT2D eigenvalue weighted by molar-refractivity contribution is -0.134. The number of rotatable bonds is 7. The van der Waals surface area contributed by atoms with Crippen LogP contribution in [0.2, 0.25) is 0 Å². The van der Waals surface area contributed by atoms with E-state index in [4.69, 9.17) is 9.26 Å². The fraction of sp³-hybridized carbons (Fsp3) is 0.550. The van der Waals surface area contributed by atoms with E-state index in [2.05, 4.69) is 22.3 Å². The molecule has 0 bridgehead atoms. The Bertz CT molecular complexity index is 719. The summed E-state index contributed by atoms with van der Waals surface area (Å²) in [7, 11) is 0. The highest BCUT2D eigenvalue weighted by Gasteiger charge is 2.29. The van der Waals surface area contributed by atoms with E-state index in [0.29, 0.717) is 24.8 Å². The monoisotopic (exact) mass is 355 g/mol. The molecule has 1 amide bonds. The van der Waals surface area contributed by atoms with E-state index in [1.54, 1.807) is 0 Å². The highest BCUT2D eigenvalue weighted by atomic mass is 16.5. The van der Waals surface area contributed by atoms with Gasteiger partial charge >= 0.3 is 0 Å². The van der Waals surface area contributed by atoms with E-state index in [-0.39, 0.29) is 12.0 Å². The molecule has 2 fully saturated rings. The van der Waals surface area contributed by atoms with Crippen LogP contribution in [-0.2, 0) is 22.6 Å². The average molecular weight is 355 g/mol. The maximum Gasteiger partial charge on any atom is 0.252 e. The number of amides is 1. The number of nitrogens with zero attached hydrogens (tertiary/aromatic N) is 3. The maximum atomic E-state index is 12.4. The molecule has 6 heteroatoms. The number of aryl methyl sites for hydroxylation is 1. The van der Waals surface area contributed by atoms with Crippen LogP contribution in [0.5, 0.6) is 0 Å². The van der Waals surface area contributed by atoms with Gasteiger partial charge in [-0.3, -0.25) is 4.79 Å². The van der Waals surface area contributed by atoms with Crippen molar-refractivity contribution in [2.75, 3.05) is 13.1 Å². The lowest BCUT2D eigenvalue weighted by atomic mass is 10.1. The average Bonchev–Trinajstić information content (AvgIpc) is 3.44. The van der Waals surface area contributed by atoms with Crippen LogP contribution in [0, 0.1) is 0 Å². The summed E-state index contributed by atoms with van der Waals surface area (Å²) in [6, 6.07) is 10.2. The van der Waals surface area contributed by atoms with E-state index in [1.807, 2.05) is 23.1 Å². The molecule has 0 unspecified atom stereocenters. The zero-order chi connectivity index (χ0) is 17.8. The molecular formula is C20H25N3O3. The molecule has 2 aromatic rings. The van der Waals surface area contributed by atoms with Crippen molar-refractivity contribution < 1.29 is 14.1 Å². The molecule has 6 nitrogen and oxygen atoms in total. The summed E-state index contributed by atoms with van der Waals surface area (Å²) >= 11 is 0. The number of aromatic nitrogens is 2. The molecule has 4 rings (SSSR count). The number of ether oxygens (including phenoxy) is 1. The van der Waals surface area contributed by atoms with Gasteiger partial charge in [-0.25, -0.2) is 0 Å². The highest BCUT2D eigenvalue weighted by molar-refractivity contribution is 5.76. The minimum atomic E-state index is 0.157. The van der Waals surface area contributed by atoms with Gasteiger partial charge in [0.25, 0.3) is 5.89 Å². The number of benzene rings is 1. The van der Waals surface area contributed by atoms with Crippen molar-refractivity contribution in [3.63, 3.8) is 0 Å². The van der Waals surface area contributed by atoms with Gasteiger partial charge in [0.1, 0.15) is 6.61 Å². The second-order valence-electron chi connectivity index (χ2n) is 7.20. The van der Waals surface area contributed by atoms with Gasteiger partial charge in [-0.1, -0.05) is 35.5 Å². The summed E-state index contributed by atoms with van der Waals surface area (Å²) < 4.78 is 11.1. The second-order valence-corrected chi connectivity index (χ2v) is 7.20. The first-order valence-corrected chi connectivity index (χ1v) is 9.54. The first-order chi connectivity index (χ1) is 12.8. The second kappa shape index (κ2) is 7.99. The molecule has 1 aliphatic carbocycles. The Morgan fingerprint density at radius 3 is 2.65 bits per heavy atom. The fourth-order valence-corrected chi connectivity index (χ4v) is 3.35. The summed E-state index contributed by atoms with van der Waals surface area (Å²) in [6.45, 7) is 1.89. The molecule has 26 heavy (non-hydrogen) atoms. The van der Waals surface area contributed by atoms with Gasteiger partial charge in [-0.2, -0.15) is 4.98 Å². The third-order valence-corrected chi connectivity index (χ3v) is 5.13. The van der Waals surface area contributed by atoms with Crippen LogP contribution in [0.4, 0.5) is 0 Å². The largest absolute Gasteiger partial charge is 0.368 e. The van der Waals surface area contributed by atoms with E-state index in [9.17, 15) is 4.79 Å². The van der Waals surface area contributed by atoms with E-state index < -0.39 is 0 Å². The number of piperidine rings is 1. The molecule has 1 aromatic carbocycles. The minimum absolute atomic E-state index is 0.157. The minimum Gasteiger partial charge on any atom is -0.368 e. The van der Waals surface area contributed by atoms with Crippen LogP contribution in [0.3, 0.4) is 0 Å². The number of carbonyl (C=O) groups excluding carboxylic acids is 1. The Labute approximate surface area is 153 Å². The van der Waals surface area contributed by atoms with Crippen molar-refractivity contribution >= 4 is 5.91 Å². The number of hydrogen-bond donors (Lipinski definition) is 0. The Morgan fingerprint density at radius 1 is 1.15 bits per heavy atom. The Hall–Kier alpha value is -2.21. The first-order valence-electron chi connectivity index (χ1n) is 9.54. The Balaban J connectivity index is 1.16. The molecule has 1 aliphatic heterocycles. The van der Waals surface area contributed by atoms with Gasteiger partial charge in [0.05, 0.1) is 6.10 Å². The molecular weight excluding hydrogens is 330 g/mol. The zero-order valence-electron chi connectivity index (χ0n) is 15.0. The van der Waals surface area contributed by atoms with Crippen molar-refractivity contribution in [3.05, 3.63) is 47.6 Å². The van der Waals surface area contributed by atoms with Gasteiger partial charge in [-0.05, 0) is 37.7 Å². The predicted molar refractivity (Wildman–Crippen MR) is 95.4 cm³/mol. The normalized spacial score (nSPS) is 18.2. The zero-order valence-corrected chi connectivity index (χ0v) is 15.0. The number of hydrogen-bond acceptors (Lipinski definition) is 5. The van der Waals surface area contributed by atoms with Gasteiger partial charge in [0, 0.05) is 25.4 Å².